The van der Waals surface area contributed by atoms with Crippen LogP contribution in [0.5, 0.6) is 5.75 Å². The van der Waals surface area contributed by atoms with Crippen molar-refractivity contribution in [3.8, 4) is 17.0 Å². The Kier molecular flexibility index (Phi) is 8.66. The predicted octanol–water partition coefficient (Wildman–Crippen LogP) is 6.14. The Labute approximate surface area is 261 Å². The van der Waals surface area contributed by atoms with E-state index in [1.165, 1.54) is 0 Å². The normalized spacial score (nSPS) is 14.8. The number of likely N-dealkylation sites (tertiary alicyclic amines) is 1. The van der Waals surface area contributed by atoms with Gasteiger partial charge in [0, 0.05) is 47.7 Å². The lowest BCUT2D eigenvalue weighted by Gasteiger charge is -2.30. The molecule has 10 heteroatoms. The maximum Gasteiger partial charge on any atom is 0.323 e. The maximum atomic E-state index is 16.7. The number of carbonyl (C=O) groups is 1. The molecule has 0 radical (unpaired) electrons. The minimum atomic E-state index is -1.03. The molecule has 1 atom stereocenters. The molecule has 1 unspecified atom stereocenters. The highest BCUT2D eigenvalue weighted by atomic mass is 19.1. The number of pyridine rings is 1. The van der Waals surface area contributed by atoms with Crippen LogP contribution in [0.15, 0.2) is 79.1 Å². The van der Waals surface area contributed by atoms with Crippen molar-refractivity contribution < 1.29 is 19.0 Å². The number of ether oxygens (including phenoxy) is 1. The maximum absolute atomic E-state index is 16.7. The first kappa shape index (κ1) is 30.1. The van der Waals surface area contributed by atoms with Gasteiger partial charge in [0.2, 0.25) is 0 Å². The summed E-state index contributed by atoms with van der Waals surface area (Å²) in [4.78, 5) is 23.4. The fraction of sp³-hybridized carbons (Fsp3) is 0.286. The standard InChI is InChI=1S/C35H37FN6O3/c1-3-22-17-28(32(36)30(18-22)45-26-12-15-41(2)16-13-26)33(39-25-9-10-27-24(19-25)11-14-38-34(27)37)35-40-29(20-42(35)21-31(43)44)23-7-5-4-6-8-23/h4-11,14,17-20,26,33,39H,3,12-13,15-16,21H2,1-2H3,(H2,37,38)(H,43,44). The molecule has 1 aliphatic rings. The molecule has 0 saturated carbocycles. The molecule has 5 aromatic rings. The molecule has 0 spiro atoms. The van der Waals surface area contributed by atoms with Crippen molar-refractivity contribution in [2.75, 3.05) is 31.2 Å². The van der Waals surface area contributed by atoms with Crippen molar-refractivity contribution in [3.63, 3.8) is 0 Å². The molecule has 232 valence electrons. The number of anilines is 2. The summed E-state index contributed by atoms with van der Waals surface area (Å²) in [6, 6.07) is 19.8. The van der Waals surface area contributed by atoms with Gasteiger partial charge in [0.1, 0.15) is 30.3 Å². The number of aromatic nitrogens is 3. The van der Waals surface area contributed by atoms with Crippen LogP contribution >= 0.6 is 0 Å². The van der Waals surface area contributed by atoms with Gasteiger partial charge in [-0.25, -0.2) is 14.4 Å². The highest BCUT2D eigenvalue weighted by Gasteiger charge is 2.29. The number of aliphatic carboxylic acids is 1. The SMILES string of the molecule is CCc1cc(OC2CCN(C)CC2)c(F)c(C(Nc2ccc3c(N)nccc3c2)c2nc(-c3ccccc3)cn2CC(=O)O)c1. The second-order valence-corrected chi connectivity index (χ2v) is 11.6. The highest BCUT2D eigenvalue weighted by molar-refractivity contribution is 5.93. The number of aryl methyl sites for hydroxylation is 1. The lowest BCUT2D eigenvalue weighted by molar-refractivity contribution is -0.137. The van der Waals surface area contributed by atoms with E-state index in [2.05, 4.69) is 22.2 Å². The summed E-state index contributed by atoms with van der Waals surface area (Å²) in [5.41, 5.74) is 9.42. The van der Waals surface area contributed by atoms with Gasteiger partial charge in [-0.3, -0.25) is 4.79 Å². The van der Waals surface area contributed by atoms with E-state index >= 15 is 4.39 Å². The molecular formula is C35H37FN6O3. The molecule has 3 heterocycles. The number of carboxylic acids is 1. The second-order valence-electron chi connectivity index (χ2n) is 11.6. The van der Waals surface area contributed by atoms with Gasteiger partial charge in [0.05, 0.1) is 5.69 Å². The molecular weight excluding hydrogens is 571 g/mol. The number of nitrogen functional groups attached to an aromatic ring is 1. The van der Waals surface area contributed by atoms with Crippen LogP contribution in [0.3, 0.4) is 0 Å². The molecule has 45 heavy (non-hydrogen) atoms. The summed E-state index contributed by atoms with van der Waals surface area (Å²) < 4.78 is 24.6. The van der Waals surface area contributed by atoms with E-state index in [1.54, 1.807) is 23.0 Å². The third-order valence-electron chi connectivity index (χ3n) is 8.35. The Balaban J connectivity index is 1.50. The molecule has 1 fully saturated rings. The Morgan fingerprint density at radius 3 is 2.64 bits per heavy atom. The van der Waals surface area contributed by atoms with Gasteiger partial charge < -0.3 is 30.4 Å². The summed E-state index contributed by atoms with van der Waals surface area (Å²) >= 11 is 0. The van der Waals surface area contributed by atoms with Crippen molar-refractivity contribution in [2.24, 2.45) is 0 Å². The minimum Gasteiger partial charge on any atom is -0.487 e. The van der Waals surface area contributed by atoms with Crippen LogP contribution in [-0.4, -0.2) is 56.8 Å². The lowest BCUT2D eigenvalue weighted by atomic mass is 9.99. The molecule has 0 amide bonds. The van der Waals surface area contributed by atoms with E-state index < -0.39 is 17.8 Å². The first-order valence-corrected chi connectivity index (χ1v) is 15.2. The second kappa shape index (κ2) is 13.0. The highest BCUT2D eigenvalue weighted by Crippen LogP contribution is 2.36. The van der Waals surface area contributed by atoms with E-state index in [9.17, 15) is 9.90 Å². The van der Waals surface area contributed by atoms with Crippen LogP contribution in [0.2, 0.25) is 0 Å². The summed E-state index contributed by atoms with van der Waals surface area (Å²) in [5, 5.41) is 15.0. The average molecular weight is 609 g/mol. The third-order valence-corrected chi connectivity index (χ3v) is 8.35. The van der Waals surface area contributed by atoms with Crippen LogP contribution in [-0.2, 0) is 17.8 Å². The molecule has 0 aliphatic carbocycles. The number of nitrogens with one attached hydrogen (secondary N) is 1. The number of carboxylic acid groups (broad SMARTS) is 1. The average Bonchev–Trinajstić information content (AvgIpc) is 3.45. The number of benzene rings is 3. The molecule has 6 rings (SSSR count). The summed E-state index contributed by atoms with van der Waals surface area (Å²) in [5.74, 6) is -0.554. The monoisotopic (exact) mass is 608 g/mol. The number of halogens is 1. The van der Waals surface area contributed by atoms with Crippen molar-refractivity contribution >= 4 is 28.2 Å². The number of fused-ring (bicyclic) bond motifs is 1. The molecule has 9 nitrogen and oxygen atoms in total. The Hall–Kier alpha value is -4.96. The Morgan fingerprint density at radius 2 is 1.91 bits per heavy atom. The van der Waals surface area contributed by atoms with Crippen LogP contribution in [0.1, 0.15) is 42.8 Å². The molecule has 2 aromatic heterocycles. The molecule has 1 saturated heterocycles. The number of hydrogen-bond acceptors (Lipinski definition) is 7. The van der Waals surface area contributed by atoms with Gasteiger partial charge in [-0.1, -0.05) is 43.3 Å². The number of rotatable bonds is 10. The van der Waals surface area contributed by atoms with Crippen LogP contribution < -0.4 is 15.8 Å². The van der Waals surface area contributed by atoms with E-state index in [1.807, 2.05) is 67.6 Å². The van der Waals surface area contributed by atoms with Crippen LogP contribution in [0.4, 0.5) is 15.9 Å². The molecule has 3 aromatic carbocycles. The number of piperidine rings is 1. The van der Waals surface area contributed by atoms with Crippen molar-refractivity contribution in [3.05, 3.63) is 102 Å². The zero-order valence-corrected chi connectivity index (χ0v) is 25.4. The zero-order chi connectivity index (χ0) is 31.5. The predicted molar refractivity (Wildman–Crippen MR) is 174 cm³/mol. The van der Waals surface area contributed by atoms with E-state index in [0.717, 1.165) is 47.8 Å². The van der Waals surface area contributed by atoms with E-state index in [-0.39, 0.29) is 18.4 Å². The lowest BCUT2D eigenvalue weighted by Crippen LogP contribution is -2.35. The van der Waals surface area contributed by atoms with Gasteiger partial charge in [0.15, 0.2) is 11.6 Å². The van der Waals surface area contributed by atoms with E-state index in [0.29, 0.717) is 35.0 Å². The summed E-state index contributed by atoms with van der Waals surface area (Å²) in [7, 11) is 2.07. The van der Waals surface area contributed by atoms with Crippen molar-refractivity contribution in [1.29, 1.82) is 0 Å². The smallest absolute Gasteiger partial charge is 0.323 e. The van der Waals surface area contributed by atoms with Crippen LogP contribution in [0.25, 0.3) is 22.0 Å². The third kappa shape index (κ3) is 6.61. The molecule has 1 aliphatic heterocycles. The van der Waals surface area contributed by atoms with Gasteiger partial charge in [0.25, 0.3) is 0 Å². The minimum absolute atomic E-state index is 0.0969. The van der Waals surface area contributed by atoms with Gasteiger partial charge >= 0.3 is 5.97 Å². The first-order valence-electron chi connectivity index (χ1n) is 15.2. The van der Waals surface area contributed by atoms with Gasteiger partial charge in [-0.05, 0) is 67.6 Å². The van der Waals surface area contributed by atoms with Crippen LogP contribution in [0, 0.1) is 5.82 Å². The summed E-state index contributed by atoms with van der Waals surface area (Å²) in [6.07, 6.45) is 5.52. The number of imidazole rings is 1. The summed E-state index contributed by atoms with van der Waals surface area (Å²) in [6.45, 7) is 3.43. The fourth-order valence-corrected chi connectivity index (χ4v) is 5.88. The van der Waals surface area contributed by atoms with Crippen molar-refractivity contribution in [2.45, 2.75) is 44.9 Å². The van der Waals surface area contributed by atoms with E-state index in [4.69, 9.17) is 15.5 Å². The largest absolute Gasteiger partial charge is 0.487 e. The van der Waals surface area contributed by atoms with Crippen molar-refractivity contribution in [1.82, 2.24) is 19.4 Å². The number of hydrogen-bond donors (Lipinski definition) is 3. The topological polar surface area (TPSA) is 119 Å². The zero-order valence-electron chi connectivity index (χ0n) is 25.4. The molecule has 4 N–H and O–H groups in total. The fourth-order valence-electron chi connectivity index (χ4n) is 5.88. The molecule has 0 bridgehead atoms. The first-order chi connectivity index (χ1) is 21.8. The number of nitrogens with zero attached hydrogens (tertiary/aromatic N) is 4. The number of nitrogens with two attached hydrogens (primary N) is 1. The Morgan fingerprint density at radius 1 is 1.13 bits per heavy atom. The quantitative estimate of drug-likeness (QED) is 0.173. The van der Waals surface area contributed by atoms with Gasteiger partial charge in [-0.2, -0.15) is 0 Å². The Bertz CT molecular complexity index is 1820. The van der Waals surface area contributed by atoms with Gasteiger partial charge in [-0.15, -0.1) is 0 Å².